The third kappa shape index (κ3) is 3.67. The summed E-state index contributed by atoms with van der Waals surface area (Å²) in [5.41, 5.74) is 1.97. The van der Waals surface area contributed by atoms with Gasteiger partial charge in [0.05, 0.1) is 13.2 Å². The molecule has 1 aliphatic heterocycles. The second-order valence-electron chi connectivity index (χ2n) is 7.34. The zero-order valence-corrected chi connectivity index (χ0v) is 14.1. The van der Waals surface area contributed by atoms with Crippen molar-refractivity contribution in [3.05, 3.63) is 35.4 Å². The predicted molar refractivity (Wildman–Crippen MR) is 86.4 cm³/mol. The van der Waals surface area contributed by atoms with E-state index >= 15 is 0 Å². The number of hydrogen-bond donors (Lipinski definition) is 1. The molecule has 5 nitrogen and oxygen atoms in total. The molecular weight excluding hydrogens is 294 g/mol. The molecular formula is C18H25NO4. The number of benzene rings is 1. The first-order valence-electron chi connectivity index (χ1n) is 8.16. The topological polar surface area (TPSA) is 56.8 Å². The summed E-state index contributed by atoms with van der Waals surface area (Å²) in [4.78, 5) is 12.0. The summed E-state index contributed by atoms with van der Waals surface area (Å²) in [5, 5.41) is 2.92. The van der Waals surface area contributed by atoms with Gasteiger partial charge in [-0.1, -0.05) is 24.3 Å². The van der Waals surface area contributed by atoms with Crippen molar-refractivity contribution in [3.8, 4) is 0 Å². The lowest BCUT2D eigenvalue weighted by atomic mass is 9.62. The van der Waals surface area contributed by atoms with Gasteiger partial charge in [0.1, 0.15) is 5.60 Å². The first kappa shape index (κ1) is 16.3. The number of rotatable bonds is 4. The van der Waals surface area contributed by atoms with Crippen LogP contribution in [0, 0.1) is 0 Å². The Kier molecular flexibility index (Phi) is 4.34. The quantitative estimate of drug-likeness (QED) is 0.927. The minimum Gasteiger partial charge on any atom is -0.444 e. The third-order valence-electron chi connectivity index (χ3n) is 4.34. The lowest BCUT2D eigenvalue weighted by Gasteiger charge is -2.45. The van der Waals surface area contributed by atoms with Crippen molar-refractivity contribution in [2.45, 2.75) is 50.9 Å². The van der Waals surface area contributed by atoms with Crippen LogP contribution in [-0.2, 0) is 26.0 Å². The fourth-order valence-corrected chi connectivity index (χ4v) is 3.36. The van der Waals surface area contributed by atoms with Gasteiger partial charge in [-0.25, -0.2) is 4.79 Å². The molecule has 0 spiro atoms. The smallest absolute Gasteiger partial charge is 0.407 e. The van der Waals surface area contributed by atoms with Crippen LogP contribution in [0.3, 0.4) is 0 Å². The molecule has 23 heavy (non-hydrogen) atoms. The Morgan fingerprint density at radius 3 is 2.65 bits per heavy atom. The van der Waals surface area contributed by atoms with E-state index in [9.17, 15) is 4.79 Å². The van der Waals surface area contributed by atoms with Gasteiger partial charge in [0, 0.05) is 18.4 Å². The van der Waals surface area contributed by atoms with Crippen molar-refractivity contribution < 1.29 is 19.0 Å². The van der Waals surface area contributed by atoms with Gasteiger partial charge in [-0.3, -0.25) is 0 Å². The third-order valence-corrected chi connectivity index (χ3v) is 4.34. The molecule has 1 atom stereocenters. The van der Waals surface area contributed by atoms with Gasteiger partial charge in [0.25, 0.3) is 0 Å². The Hall–Kier alpha value is -1.59. The van der Waals surface area contributed by atoms with E-state index in [1.165, 1.54) is 11.1 Å². The Morgan fingerprint density at radius 2 is 2.00 bits per heavy atom. The molecule has 1 unspecified atom stereocenters. The Balaban J connectivity index is 1.69. The van der Waals surface area contributed by atoms with Gasteiger partial charge in [0.2, 0.25) is 0 Å². The summed E-state index contributed by atoms with van der Waals surface area (Å²) >= 11 is 0. The second-order valence-corrected chi connectivity index (χ2v) is 7.34. The molecule has 1 aromatic carbocycles. The van der Waals surface area contributed by atoms with Crippen molar-refractivity contribution in [1.29, 1.82) is 0 Å². The number of carbonyl (C=O) groups excluding carboxylic acids is 1. The van der Waals surface area contributed by atoms with Crippen LogP contribution >= 0.6 is 0 Å². The van der Waals surface area contributed by atoms with Crippen molar-refractivity contribution in [3.63, 3.8) is 0 Å². The molecule has 3 rings (SSSR count). The van der Waals surface area contributed by atoms with Crippen molar-refractivity contribution in [1.82, 2.24) is 5.32 Å². The fourth-order valence-electron chi connectivity index (χ4n) is 3.36. The molecule has 0 aromatic heterocycles. The average molecular weight is 319 g/mol. The zero-order valence-electron chi connectivity index (χ0n) is 14.1. The molecule has 0 bridgehead atoms. The summed E-state index contributed by atoms with van der Waals surface area (Å²) in [6, 6.07) is 8.35. The standard InChI is InChI=1S/C18H25NO4/c1-17(2,3)23-16(20)19-12-18(11-15-21-8-9-22-15)10-13-6-4-5-7-14(13)18/h4-7,15H,8-12H2,1-3H3,(H,19,20). The highest BCUT2D eigenvalue weighted by Gasteiger charge is 2.45. The largest absolute Gasteiger partial charge is 0.444 e. The molecule has 0 radical (unpaired) electrons. The Labute approximate surface area is 137 Å². The van der Waals surface area contributed by atoms with E-state index in [1.54, 1.807) is 0 Å². The maximum Gasteiger partial charge on any atom is 0.407 e. The molecule has 1 fully saturated rings. The van der Waals surface area contributed by atoms with E-state index in [2.05, 4.69) is 17.4 Å². The van der Waals surface area contributed by atoms with E-state index in [-0.39, 0.29) is 17.8 Å². The Morgan fingerprint density at radius 1 is 1.30 bits per heavy atom. The number of fused-ring (bicyclic) bond motifs is 1. The van der Waals surface area contributed by atoms with Crippen LogP contribution in [0.2, 0.25) is 0 Å². The molecule has 0 saturated carbocycles. The van der Waals surface area contributed by atoms with Crippen molar-refractivity contribution >= 4 is 6.09 Å². The maximum absolute atomic E-state index is 12.0. The minimum absolute atomic E-state index is 0.136. The molecule has 126 valence electrons. The van der Waals surface area contributed by atoms with Crippen LogP contribution in [0.5, 0.6) is 0 Å². The predicted octanol–water partition coefficient (Wildman–Crippen LogP) is 2.77. The first-order valence-corrected chi connectivity index (χ1v) is 8.16. The van der Waals surface area contributed by atoms with Gasteiger partial charge in [-0.2, -0.15) is 0 Å². The number of hydrogen-bond acceptors (Lipinski definition) is 4. The lowest BCUT2D eigenvalue weighted by Crippen LogP contribution is -2.51. The van der Waals surface area contributed by atoms with Crippen molar-refractivity contribution in [2.24, 2.45) is 0 Å². The molecule has 1 amide bonds. The lowest BCUT2D eigenvalue weighted by molar-refractivity contribution is -0.0643. The SMILES string of the molecule is CC(C)(C)OC(=O)NCC1(CC2OCCO2)Cc2ccccc21. The van der Waals surface area contributed by atoms with Crippen LogP contribution < -0.4 is 5.32 Å². The van der Waals surface area contributed by atoms with Crippen molar-refractivity contribution in [2.75, 3.05) is 19.8 Å². The second kappa shape index (κ2) is 6.13. The van der Waals surface area contributed by atoms with Crippen LogP contribution in [0.4, 0.5) is 4.79 Å². The number of carbonyl (C=O) groups is 1. The number of ether oxygens (including phenoxy) is 3. The summed E-state index contributed by atoms with van der Waals surface area (Å²) in [7, 11) is 0. The summed E-state index contributed by atoms with van der Waals surface area (Å²) in [6.45, 7) is 7.40. The van der Waals surface area contributed by atoms with Gasteiger partial charge >= 0.3 is 6.09 Å². The highest BCUT2D eigenvalue weighted by atomic mass is 16.7. The molecule has 1 aliphatic carbocycles. The Bertz CT molecular complexity index is 575. The number of nitrogens with one attached hydrogen (secondary N) is 1. The minimum atomic E-state index is -0.494. The molecule has 1 aromatic rings. The molecule has 1 saturated heterocycles. The fraction of sp³-hybridized carbons (Fsp3) is 0.611. The summed E-state index contributed by atoms with van der Waals surface area (Å²) in [6.07, 6.45) is 1.10. The van der Waals surface area contributed by atoms with Crippen LogP contribution in [0.1, 0.15) is 38.3 Å². The van der Waals surface area contributed by atoms with E-state index < -0.39 is 5.60 Å². The maximum atomic E-state index is 12.0. The summed E-state index contributed by atoms with van der Waals surface area (Å²) in [5.74, 6) is 0. The monoisotopic (exact) mass is 319 g/mol. The normalized spacial score (nSPS) is 24.0. The van der Waals surface area contributed by atoms with Crippen LogP contribution in [0.25, 0.3) is 0 Å². The van der Waals surface area contributed by atoms with E-state index in [4.69, 9.17) is 14.2 Å². The average Bonchev–Trinajstić information content (AvgIpc) is 2.94. The zero-order chi connectivity index (χ0) is 16.5. The van der Waals surface area contributed by atoms with Crippen LogP contribution in [-0.4, -0.2) is 37.7 Å². The van der Waals surface area contributed by atoms with Gasteiger partial charge < -0.3 is 19.5 Å². The highest BCUT2D eigenvalue weighted by Crippen LogP contribution is 2.45. The molecule has 2 aliphatic rings. The van der Waals surface area contributed by atoms with E-state index in [0.29, 0.717) is 19.8 Å². The summed E-state index contributed by atoms with van der Waals surface area (Å²) < 4.78 is 16.6. The first-order chi connectivity index (χ1) is 10.9. The molecule has 1 heterocycles. The van der Waals surface area contributed by atoms with E-state index in [0.717, 1.165) is 12.8 Å². The van der Waals surface area contributed by atoms with Gasteiger partial charge in [0.15, 0.2) is 6.29 Å². The highest BCUT2D eigenvalue weighted by molar-refractivity contribution is 5.68. The molecule has 5 heteroatoms. The van der Waals surface area contributed by atoms with Crippen LogP contribution in [0.15, 0.2) is 24.3 Å². The van der Waals surface area contributed by atoms with Gasteiger partial charge in [-0.05, 0) is 38.3 Å². The molecule has 1 N–H and O–H groups in total. The van der Waals surface area contributed by atoms with E-state index in [1.807, 2.05) is 32.9 Å². The number of amides is 1. The van der Waals surface area contributed by atoms with Gasteiger partial charge in [-0.15, -0.1) is 0 Å². The number of alkyl carbamates (subject to hydrolysis) is 1.